The first-order valence-electron chi connectivity index (χ1n) is 6.06. The average Bonchev–Trinajstić information content (AvgIpc) is 2.46. The summed E-state index contributed by atoms with van der Waals surface area (Å²) in [5.74, 6) is -0.0700. The van der Waals surface area contributed by atoms with E-state index in [1.165, 1.54) is 24.3 Å². The Labute approximate surface area is 127 Å². The number of carbonyl (C=O) groups excluding carboxylic acids is 1. The molecule has 2 rings (SSSR count). The summed E-state index contributed by atoms with van der Waals surface area (Å²) in [5, 5.41) is 0.123. The van der Waals surface area contributed by atoms with Gasteiger partial charge in [0, 0.05) is 18.1 Å². The smallest absolute Gasteiger partial charge is 0.263 e. The molecule has 1 aromatic heterocycles. The lowest BCUT2D eigenvalue weighted by molar-refractivity contribution is 0.0988. The predicted octanol–water partition coefficient (Wildman–Crippen LogP) is 2.52. The van der Waals surface area contributed by atoms with Crippen molar-refractivity contribution in [1.82, 2.24) is 9.97 Å². The molecule has 0 saturated carbocycles. The van der Waals surface area contributed by atoms with E-state index in [4.69, 9.17) is 11.6 Å². The molecule has 0 aliphatic carbocycles. The molecule has 0 spiro atoms. The highest BCUT2D eigenvalue weighted by Gasteiger charge is 2.16. The van der Waals surface area contributed by atoms with E-state index < -0.39 is 10.0 Å². The molecule has 6 nitrogen and oxygen atoms in total. The molecule has 0 fully saturated rings. The van der Waals surface area contributed by atoms with Gasteiger partial charge >= 0.3 is 0 Å². The number of carbonyl (C=O) groups is 1. The molecule has 8 heteroatoms. The van der Waals surface area contributed by atoms with Crippen molar-refractivity contribution in [2.45, 2.75) is 18.2 Å². The fraction of sp³-hybridized carbons (Fsp3) is 0.154. The van der Waals surface area contributed by atoms with Crippen LogP contribution in [0.1, 0.15) is 23.7 Å². The zero-order valence-corrected chi connectivity index (χ0v) is 12.6. The van der Waals surface area contributed by atoms with E-state index in [1.807, 2.05) is 0 Å². The highest BCUT2D eigenvalue weighted by molar-refractivity contribution is 7.92. The van der Waals surface area contributed by atoms with Gasteiger partial charge in [0.15, 0.2) is 5.78 Å². The lowest BCUT2D eigenvalue weighted by Gasteiger charge is -2.08. The van der Waals surface area contributed by atoms with E-state index in [0.29, 0.717) is 12.0 Å². The third-order valence-electron chi connectivity index (χ3n) is 2.66. The summed E-state index contributed by atoms with van der Waals surface area (Å²) in [6, 6.07) is 7.12. The fourth-order valence-electron chi connectivity index (χ4n) is 1.63. The van der Waals surface area contributed by atoms with E-state index in [9.17, 15) is 13.2 Å². The first-order valence-corrected chi connectivity index (χ1v) is 7.92. The quantitative estimate of drug-likeness (QED) is 0.674. The van der Waals surface area contributed by atoms with Gasteiger partial charge in [0.05, 0.1) is 4.90 Å². The van der Waals surface area contributed by atoms with Gasteiger partial charge in [-0.15, -0.1) is 0 Å². The van der Waals surface area contributed by atoms with Crippen molar-refractivity contribution in [3.63, 3.8) is 0 Å². The van der Waals surface area contributed by atoms with Crippen molar-refractivity contribution in [2.75, 3.05) is 4.72 Å². The van der Waals surface area contributed by atoms with Crippen LogP contribution in [0.5, 0.6) is 0 Å². The SMILES string of the molecule is CCC(=O)c1cccc(S(=O)(=O)Nc2cc(Cl)ncn2)c1. The molecule has 2 aromatic rings. The summed E-state index contributed by atoms with van der Waals surface area (Å²) in [4.78, 5) is 19.1. The van der Waals surface area contributed by atoms with Crippen LogP contribution in [-0.4, -0.2) is 24.2 Å². The molecular weight excluding hydrogens is 314 g/mol. The molecule has 0 bridgehead atoms. The number of nitrogens with zero attached hydrogens (tertiary/aromatic N) is 2. The molecule has 0 saturated heterocycles. The third kappa shape index (κ3) is 3.77. The zero-order valence-electron chi connectivity index (χ0n) is 11.1. The molecule has 0 radical (unpaired) electrons. The first-order chi connectivity index (χ1) is 9.92. The maximum atomic E-state index is 12.3. The minimum atomic E-state index is -3.85. The molecule has 0 amide bonds. The molecule has 110 valence electrons. The molecule has 0 aliphatic rings. The second-order valence-corrected chi connectivity index (χ2v) is 6.21. The number of hydrogen-bond acceptors (Lipinski definition) is 5. The Hall–Kier alpha value is -1.99. The Morgan fingerprint density at radius 1 is 1.29 bits per heavy atom. The van der Waals surface area contributed by atoms with Crippen molar-refractivity contribution in [2.24, 2.45) is 0 Å². The normalized spacial score (nSPS) is 11.1. The summed E-state index contributed by atoms with van der Waals surface area (Å²) < 4.78 is 26.8. The van der Waals surface area contributed by atoms with E-state index in [2.05, 4.69) is 14.7 Å². The van der Waals surface area contributed by atoms with Gasteiger partial charge in [0.2, 0.25) is 0 Å². The summed E-state index contributed by atoms with van der Waals surface area (Å²) in [5.41, 5.74) is 0.348. The van der Waals surface area contributed by atoms with Gasteiger partial charge in [-0.1, -0.05) is 30.7 Å². The first kappa shape index (κ1) is 15.4. The number of rotatable bonds is 5. The minimum Gasteiger partial charge on any atom is -0.294 e. The average molecular weight is 326 g/mol. The number of nitrogens with one attached hydrogen (secondary N) is 1. The maximum absolute atomic E-state index is 12.3. The number of benzene rings is 1. The Bertz CT molecular complexity index is 778. The predicted molar refractivity (Wildman–Crippen MR) is 78.9 cm³/mol. The molecule has 0 aliphatic heterocycles. The van der Waals surface area contributed by atoms with Crippen molar-refractivity contribution in [1.29, 1.82) is 0 Å². The lowest BCUT2D eigenvalue weighted by Crippen LogP contribution is -2.14. The number of anilines is 1. The largest absolute Gasteiger partial charge is 0.294 e. The Morgan fingerprint density at radius 2 is 2.05 bits per heavy atom. The van der Waals surface area contributed by atoms with Crippen LogP contribution in [-0.2, 0) is 10.0 Å². The second kappa shape index (κ2) is 6.19. The number of sulfonamides is 1. The van der Waals surface area contributed by atoms with Crippen molar-refractivity contribution < 1.29 is 13.2 Å². The summed E-state index contributed by atoms with van der Waals surface area (Å²) in [6.07, 6.45) is 1.45. The monoisotopic (exact) mass is 325 g/mol. The summed E-state index contributed by atoms with van der Waals surface area (Å²) in [6.45, 7) is 1.71. The van der Waals surface area contributed by atoms with Gasteiger partial charge in [-0.25, -0.2) is 18.4 Å². The van der Waals surface area contributed by atoms with Crippen molar-refractivity contribution in [3.05, 3.63) is 47.4 Å². The van der Waals surface area contributed by atoms with Gasteiger partial charge in [-0.05, 0) is 12.1 Å². The number of ketones is 1. The highest BCUT2D eigenvalue weighted by Crippen LogP contribution is 2.17. The molecule has 1 heterocycles. The van der Waals surface area contributed by atoms with Crippen LogP contribution in [0, 0.1) is 0 Å². The summed E-state index contributed by atoms with van der Waals surface area (Å²) in [7, 11) is -3.85. The van der Waals surface area contributed by atoms with Crippen LogP contribution in [0.15, 0.2) is 41.6 Å². The van der Waals surface area contributed by atoms with Crippen LogP contribution in [0.4, 0.5) is 5.82 Å². The van der Waals surface area contributed by atoms with E-state index >= 15 is 0 Å². The van der Waals surface area contributed by atoms with E-state index in [-0.39, 0.29) is 21.6 Å². The van der Waals surface area contributed by atoms with E-state index in [1.54, 1.807) is 13.0 Å². The van der Waals surface area contributed by atoms with Crippen molar-refractivity contribution in [3.8, 4) is 0 Å². The van der Waals surface area contributed by atoms with Gasteiger partial charge in [-0.2, -0.15) is 0 Å². The van der Waals surface area contributed by atoms with Crippen molar-refractivity contribution >= 4 is 33.2 Å². The van der Waals surface area contributed by atoms with Gasteiger partial charge < -0.3 is 0 Å². The number of halogens is 1. The topological polar surface area (TPSA) is 89.0 Å². The Balaban J connectivity index is 2.33. The van der Waals surface area contributed by atoms with Crippen LogP contribution < -0.4 is 4.72 Å². The standard InChI is InChI=1S/C13H12ClN3O3S/c1-2-11(18)9-4-3-5-10(6-9)21(19,20)17-13-7-12(14)15-8-16-13/h3-8H,2H2,1H3,(H,15,16,17). The summed E-state index contributed by atoms with van der Waals surface area (Å²) >= 11 is 5.67. The molecular formula is C13H12ClN3O3S. The third-order valence-corrected chi connectivity index (χ3v) is 4.22. The Morgan fingerprint density at radius 3 is 2.71 bits per heavy atom. The zero-order chi connectivity index (χ0) is 15.5. The van der Waals surface area contributed by atoms with Gasteiger partial charge in [-0.3, -0.25) is 9.52 Å². The van der Waals surface area contributed by atoms with Crippen LogP contribution in [0.25, 0.3) is 0 Å². The number of Topliss-reactive ketones (excluding diaryl/α,β-unsaturated/α-hetero) is 1. The molecule has 21 heavy (non-hydrogen) atoms. The molecule has 0 unspecified atom stereocenters. The van der Waals surface area contributed by atoms with E-state index in [0.717, 1.165) is 6.33 Å². The van der Waals surface area contributed by atoms with Crippen LogP contribution in [0.3, 0.4) is 0 Å². The Kier molecular flexibility index (Phi) is 4.54. The fourth-order valence-corrected chi connectivity index (χ4v) is 2.82. The molecule has 1 aromatic carbocycles. The minimum absolute atomic E-state index is 0.0171. The number of aromatic nitrogens is 2. The molecule has 1 N–H and O–H groups in total. The lowest BCUT2D eigenvalue weighted by atomic mass is 10.1. The van der Waals surface area contributed by atoms with Gasteiger partial charge in [0.25, 0.3) is 10.0 Å². The second-order valence-electron chi connectivity index (χ2n) is 4.14. The van der Waals surface area contributed by atoms with Crippen LogP contribution >= 0.6 is 11.6 Å². The molecule has 0 atom stereocenters. The van der Waals surface area contributed by atoms with Gasteiger partial charge in [0.1, 0.15) is 17.3 Å². The number of hydrogen-bond donors (Lipinski definition) is 1. The maximum Gasteiger partial charge on any atom is 0.263 e. The van der Waals surface area contributed by atoms with Crippen LogP contribution in [0.2, 0.25) is 5.15 Å². The highest BCUT2D eigenvalue weighted by atomic mass is 35.5.